The van der Waals surface area contributed by atoms with Crippen LogP contribution in [0.3, 0.4) is 0 Å². The Morgan fingerprint density at radius 1 is 1.31 bits per heavy atom. The second kappa shape index (κ2) is 5.73. The number of nitrogens with zero attached hydrogens (tertiary/aromatic N) is 2. The van der Waals surface area contributed by atoms with Crippen molar-refractivity contribution >= 4 is 11.5 Å². The normalized spacial score (nSPS) is 18.2. The lowest BCUT2D eigenvalue weighted by atomic mass is 9.95. The van der Waals surface area contributed by atoms with E-state index >= 15 is 0 Å². The minimum atomic E-state index is 0.488. The molecule has 0 amide bonds. The Hall–Kier alpha value is -0.480. The Kier molecular flexibility index (Phi) is 4.29. The number of hydrogen-bond acceptors (Lipinski definition) is 4. The third-order valence-corrected chi connectivity index (χ3v) is 4.03. The second-order valence-electron chi connectivity index (χ2n) is 4.95. The van der Waals surface area contributed by atoms with Crippen LogP contribution in [0.1, 0.15) is 62.4 Å². The summed E-state index contributed by atoms with van der Waals surface area (Å²) in [5.74, 6) is 0.488. The average molecular weight is 239 g/mol. The molecule has 1 fully saturated rings. The topological polar surface area (TPSA) is 37.8 Å². The van der Waals surface area contributed by atoms with Gasteiger partial charge in [0.1, 0.15) is 0 Å². The first-order valence-corrected chi connectivity index (χ1v) is 7.09. The zero-order valence-corrected chi connectivity index (χ0v) is 11.0. The van der Waals surface area contributed by atoms with Crippen LogP contribution in [0.5, 0.6) is 0 Å². The predicted octanol–water partition coefficient (Wildman–Crippen LogP) is 3.08. The van der Waals surface area contributed by atoms with Gasteiger partial charge in [-0.15, -0.1) is 5.10 Å². The van der Waals surface area contributed by atoms with E-state index in [2.05, 4.69) is 28.8 Å². The Morgan fingerprint density at radius 3 is 2.75 bits per heavy atom. The van der Waals surface area contributed by atoms with Crippen LogP contribution in [0.25, 0.3) is 0 Å². The van der Waals surface area contributed by atoms with Gasteiger partial charge >= 0.3 is 0 Å². The van der Waals surface area contributed by atoms with Crippen molar-refractivity contribution in [1.82, 2.24) is 14.9 Å². The molecular weight excluding hydrogens is 218 g/mol. The minimum Gasteiger partial charge on any atom is -0.309 e. The van der Waals surface area contributed by atoms with Gasteiger partial charge in [-0.1, -0.05) is 37.6 Å². The highest BCUT2D eigenvalue weighted by atomic mass is 32.1. The van der Waals surface area contributed by atoms with Crippen molar-refractivity contribution in [3.8, 4) is 0 Å². The first kappa shape index (κ1) is 12.0. The summed E-state index contributed by atoms with van der Waals surface area (Å²) in [6, 6.07) is 0.718. The summed E-state index contributed by atoms with van der Waals surface area (Å²) < 4.78 is 4.06. The van der Waals surface area contributed by atoms with Crippen molar-refractivity contribution in [2.45, 2.75) is 64.5 Å². The SMILES string of the molecule is CC(C)c1nnsc1CNC1CCCCC1. The van der Waals surface area contributed by atoms with Crippen LogP contribution in [0.4, 0.5) is 0 Å². The second-order valence-corrected chi connectivity index (χ2v) is 5.79. The molecule has 1 aromatic heterocycles. The van der Waals surface area contributed by atoms with Crippen molar-refractivity contribution in [2.75, 3.05) is 0 Å². The molecule has 0 unspecified atom stereocenters. The molecule has 1 heterocycles. The molecule has 2 rings (SSSR count). The average Bonchev–Trinajstić information content (AvgIpc) is 2.76. The van der Waals surface area contributed by atoms with Crippen molar-refractivity contribution in [3.05, 3.63) is 10.6 Å². The molecule has 0 aliphatic heterocycles. The highest BCUT2D eigenvalue weighted by Gasteiger charge is 2.15. The maximum Gasteiger partial charge on any atom is 0.0826 e. The van der Waals surface area contributed by atoms with E-state index in [4.69, 9.17) is 0 Å². The van der Waals surface area contributed by atoms with E-state index in [1.54, 1.807) is 11.5 Å². The van der Waals surface area contributed by atoms with Crippen LogP contribution in [0.2, 0.25) is 0 Å². The summed E-state index contributed by atoms with van der Waals surface area (Å²) in [5, 5.41) is 7.86. The first-order chi connectivity index (χ1) is 7.77. The molecule has 1 aromatic rings. The van der Waals surface area contributed by atoms with Crippen LogP contribution < -0.4 is 5.32 Å². The zero-order chi connectivity index (χ0) is 11.4. The van der Waals surface area contributed by atoms with Crippen LogP contribution in [-0.4, -0.2) is 15.6 Å². The summed E-state index contributed by atoms with van der Waals surface area (Å²) in [4.78, 5) is 1.32. The summed E-state index contributed by atoms with van der Waals surface area (Å²) in [7, 11) is 0. The van der Waals surface area contributed by atoms with E-state index < -0.39 is 0 Å². The van der Waals surface area contributed by atoms with Gasteiger partial charge in [-0.3, -0.25) is 0 Å². The van der Waals surface area contributed by atoms with Gasteiger partial charge in [-0.25, -0.2) is 0 Å². The molecule has 0 aromatic carbocycles. The molecule has 16 heavy (non-hydrogen) atoms. The predicted molar refractivity (Wildman–Crippen MR) is 67.7 cm³/mol. The number of rotatable bonds is 4. The van der Waals surface area contributed by atoms with Gasteiger partial charge < -0.3 is 5.32 Å². The third kappa shape index (κ3) is 3.01. The fourth-order valence-corrected chi connectivity index (χ4v) is 3.07. The number of hydrogen-bond donors (Lipinski definition) is 1. The monoisotopic (exact) mass is 239 g/mol. The zero-order valence-electron chi connectivity index (χ0n) is 10.2. The van der Waals surface area contributed by atoms with Gasteiger partial charge in [0.2, 0.25) is 0 Å². The van der Waals surface area contributed by atoms with Gasteiger partial charge in [0.15, 0.2) is 0 Å². The molecule has 3 nitrogen and oxygen atoms in total. The molecule has 1 saturated carbocycles. The highest BCUT2D eigenvalue weighted by Crippen LogP contribution is 2.21. The van der Waals surface area contributed by atoms with Crippen LogP contribution >= 0.6 is 11.5 Å². The van der Waals surface area contributed by atoms with Gasteiger partial charge in [0.25, 0.3) is 0 Å². The Labute approximate surface area is 102 Å². The molecule has 90 valence electrons. The van der Waals surface area contributed by atoms with Crippen molar-refractivity contribution in [3.63, 3.8) is 0 Å². The maximum absolute atomic E-state index is 4.21. The Bertz CT molecular complexity index is 316. The minimum absolute atomic E-state index is 0.488. The van der Waals surface area contributed by atoms with E-state index in [1.165, 1.54) is 42.7 Å². The van der Waals surface area contributed by atoms with Gasteiger partial charge in [0.05, 0.1) is 10.6 Å². The molecule has 0 bridgehead atoms. The van der Waals surface area contributed by atoms with E-state index in [0.717, 1.165) is 12.6 Å². The van der Waals surface area contributed by atoms with E-state index in [-0.39, 0.29) is 0 Å². The van der Waals surface area contributed by atoms with E-state index in [1.807, 2.05) is 0 Å². The van der Waals surface area contributed by atoms with Crippen LogP contribution in [-0.2, 0) is 6.54 Å². The first-order valence-electron chi connectivity index (χ1n) is 6.32. The summed E-state index contributed by atoms with van der Waals surface area (Å²) >= 11 is 1.54. The summed E-state index contributed by atoms with van der Waals surface area (Å²) in [6.07, 6.45) is 6.86. The highest BCUT2D eigenvalue weighted by molar-refractivity contribution is 7.05. The fraction of sp³-hybridized carbons (Fsp3) is 0.833. The van der Waals surface area contributed by atoms with Gasteiger partial charge in [-0.2, -0.15) is 0 Å². The lowest BCUT2D eigenvalue weighted by Gasteiger charge is -2.22. The lowest BCUT2D eigenvalue weighted by molar-refractivity contribution is 0.372. The van der Waals surface area contributed by atoms with Crippen molar-refractivity contribution in [2.24, 2.45) is 0 Å². The maximum atomic E-state index is 4.21. The molecule has 0 atom stereocenters. The molecule has 4 heteroatoms. The molecule has 0 radical (unpaired) electrons. The largest absolute Gasteiger partial charge is 0.309 e. The third-order valence-electron chi connectivity index (χ3n) is 3.29. The Morgan fingerprint density at radius 2 is 2.06 bits per heavy atom. The Balaban J connectivity index is 1.86. The van der Waals surface area contributed by atoms with Crippen LogP contribution in [0.15, 0.2) is 0 Å². The molecular formula is C12H21N3S. The van der Waals surface area contributed by atoms with Crippen molar-refractivity contribution < 1.29 is 0 Å². The molecule has 1 N–H and O–H groups in total. The molecule has 1 aliphatic rings. The lowest BCUT2D eigenvalue weighted by Crippen LogP contribution is -2.30. The number of nitrogens with one attached hydrogen (secondary N) is 1. The fourth-order valence-electron chi connectivity index (χ4n) is 2.32. The van der Waals surface area contributed by atoms with Gasteiger partial charge in [0, 0.05) is 12.6 Å². The summed E-state index contributed by atoms with van der Waals surface area (Å²) in [6.45, 7) is 5.32. The standard InChI is InChI=1S/C12H21N3S/c1-9(2)12-11(16-15-14-12)8-13-10-6-4-3-5-7-10/h9-10,13H,3-8H2,1-2H3. The molecule has 1 aliphatic carbocycles. The van der Waals surface area contributed by atoms with E-state index in [0.29, 0.717) is 5.92 Å². The van der Waals surface area contributed by atoms with Crippen molar-refractivity contribution in [1.29, 1.82) is 0 Å². The quantitative estimate of drug-likeness (QED) is 0.877. The smallest absolute Gasteiger partial charge is 0.0826 e. The van der Waals surface area contributed by atoms with Crippen LogP contribution in [0, 0.1) is 0 Å². The van der Waals surface area contributed by atoms with E-state index in [9.17, 15) is 0 Å². The molecule has 0 saturated heterocycles. The van der Waals surface area contributed by atoms with Gasteiger partial charge in [-0.05, 0) is 30.3 Å². The summed E-state index contributed by atoms with van der Waals surface area (Å²) in [5.41, 5.74) is 1.17. The molecule has 0 spiro atoms. The number of aromatic nitrogens is 2.